The quantitative estimate of drug-likeness (QED) is 0.600. The largest absolute Gasteiger partial charge is 0.365 e. The molecule has 4 rings (SSSR count). The molecule has 2 heteroatoms. The lowest BCUT2D eigenvalue weighted by atomic mass is 9.52. The van der Waals surface area contributed by atoms with Crippen molar-refractivity contribution in [3.63, 3.8) is 0 Å². The Kier molecular flexibility index (Phi) is 1.96. The molecular weight excluding hydrogens is 212 g/mol. The van der Waals surface area contributed by atoms with Gasteiger partial charge in [-0.1, -0.05) is 31.9 Å². The molecule has 2 aliphatic carbocycles. The average molecular weight is 232 g/mol. The van der Waals surface area contributed by atoms with Gasteiger partial charge in [0, 0.05) is 5.92 Å². The van der Waals surface area contributed by atoms with Gasteiger partial charge in [-0.2, -0.15) is 0 Å². The number of rotatable bonds is 0. The molecule has 92 valence electrons. The molecule has 4 bridgehead atoms. The van der Waals surface area contributed by atoms with Crippen molar-refractivity contribution in [2.75, 3.05) is 0 Å². The summed E-state index contributed by atoms with van der Waals surface area (Å²) >= 11 is 0. The highest BCUT2D eigenvalue weighted by Crippen LogP contribution is 2.58. The Hall–Kier alpha value is -0.630. The van der Waals surface area contributed by atoms with E-state index in [1.807, 2.05) is 0 Å². The zero-order valence-electron chi connectivity index (χ0n) is 10.4. The van der Waals surface area contributed by atoms with E-state index in [0.717, 1.165) is 6.42 Å². The normalized spacial score (nSPS) is 55.8. The van der Waals surface area contributed by atoms with Gasteiger partial charge < -0.3 is 4.74 Å². The predicted octanol–water partition coefficient (Wildman–Crippen LogP) is 2.73. The Bertz CT molecular complexity index is 400. The van der Waals surface area contributed by atoms with E-state index in [4.69, 9.17) is 4.74 Å². The maximum Gasteiger partial charge on any atom is 0.145 e. The first-order chi connectivity index (χ1) is 8.19. The van der Waals surface area contributed by atoms with Gasteiger partial charge in [0.15, 0.2) is 0 Å². The van der Waals surface area contributed by atoms with Crippen molar-refractivity contribution in [3.8, 4) is 0 Å². The van der Waals surface area contributed by atoms with E-state index in [-0.39, 0.29) is 24.0 Å². The van der Waals surface area contributed by atoms with Crippen molar-refractivity contribution in [2.45, 2.75) is 51.2 Å². The number of fused-ring (bicyclic) bond motifs is 8. The molecule has 0 aromatic heterocycles. The van der Waals surface area contributed by atoms with Crippen LogP contribution >= 0.6 is 0 Å². The number of hydrogen-bond donors (Lipinski definition) is 0. The van der Waals surface area contributed by atoms with E-state index in [1.54, 1.807) is 0 Å². The number of ketones is 1. The van der Waals surface area contributed by atoms with Crippen molar-refractivity contribution in [3.05, 3.63) is 12.2 Å². The molecule has 2 aliphatic heterocycles. The lowest BCUT2D eigenvalue weighted by molar-refractivity contribution is -0.173. The van der Waals surface area contributed by atoms with Gasteiger partial charge in [0.25, 0.3) is 0 Å². The number of Topliss-reactive ketones (excluding diaryl/α,β-unsaturated/α-hetero) is 1. The average Bonchev–Trinajstić information content (AvgIpc) is 2.74. The van der Waals surface area contributed by atoms with Gasteiger partial charge in [0.2, 0.25) is 0 Å². The molecule has 0 radical (unpaired) electrons. The summed E-state index contributed by atoms with van der Waals surface area (Å²) in [4.78, 5) is 12.5. The highest BCUT2D eigenvalue weighted by Gasteiger charge is 2.59. The van der Waals surface area contributed by atoms with Gasteiger partial charge >= 0.3 is 0 Å². The monoisotopic (exact) mass is 232 g/mol. The highest BCUT2D eigenvalue weighted by molar-refractivity contribution is 5.88. The molecule has 4 aliphatic rings. The fourth-order valence-electron chi connectivity index (χ4n) is 4.94. The summed E-state index contributed by atoms with van der Waals surface area (Å²) < 4.78 is 6.00. The molecular formula is C15H20O2. The summed E-state index contributed by atoms with van der Waals surface area (Å²) in [6.07, 6.45) is 10.8. The fourth-order valence-corrected chi connectivity index (χ4v) is 4.94. The first-order valence-corrected chi connectivity index (χ1v) is 7.07. The molecule has 0 amide bonds. The van der Waals surface area contributed by atoms with Crippen LogP contribution in [0.2, 0.25) is 0 Å². The number of carbonyl (C=O) groups is 1. The van der Waals surface area contributed by atoms with Gasteiger partial charge in [-0.15, -0.1) is 0 Å². The smallest absolute Gasteiger partial charge is 0.145 e. The SMILES string of the molecule is C[C@@]12CCCC[C@H]1[C@H]1C(=O)[C@@H](C2)[C@@H]2C=C[C@H]1O2. The van der Waals surface area contributed by atoms with E-state index >= 15 is 0 Å². The van der Waals surface area contributed by atoms with Crippen molar-refractivity contribution >= 4 is 5.78 Å². The zero-order valence-corrected chi connectivity index (χ0v) is 10.4. The maximum atomic E-state index is 12.5. The Morgan fingerprint density at radius 3 is 3.00 bits per heavy atom. The molecule has 2 heterocycles. The van der Waals surface area contributed by atoms with Crippen LogP contribution in [-0.2, 0) is 9.53 Å². The third-order valence-corrected chi connectivity index (χ3v) is 5.78. The minimum Gasteiger partial charge on any atom is -0.365 e. The van der Waals surface area contributed by atoms with Crippen LogP contribution in [0.15, 0.2) is 12.2 Å². The maximum absolute atomic E-state index is 12.5. The number of carbonyl (C=O) groups excluding carboxylic acids is 1. The molecule has 2 nitrogen and oxygen atoms in total. The topological polar surface area (TPSA) is 26.3 Å². The van der Waals surface area contributed by atoms with Crippen LogP contribution in [0, 0.1) is 23.2 Å². The van der Waals surface area contributed by atoms with Gasteiger partial charge in [-0.25, -0.2) is 0 Å². The third kappa shape index (κ3) is 1.22. The molecule has 0 N–H and O–H groups in total. The van der Waals surface area contributed by atoms with Gasteiger partial charge in [-0.05, 0) is 30.6 Å². The predicted molar refractivity (Wildman–Crippen MR) is 64.5 cm³/mol. The van der Waals surface area contributed by atoms with E-state index in [9.17, 15) is 4.79 Å². The first-order valence-electron chi connectivity index (χ1n) is 7.07. The van der Waals surface area contributed by atoms with Crippen molar-refractivity contribution in [1.29, 1.82) is 0 Å². The minimum absolute atomic E-state index is 0.100. The second-order valence-corrected chi connectivity index (χ2v) is 6.70. The van der Waals surface area contributed by atoms with Crippen LogP contribution in [0.1, 0.15) is 39.0 Å². The summed E-state index contributed by atoms with van der Waals surface area (Å²) in [5.74, 6) is 1.43. The zero-order chi connectivity index (χ0) is 11.6. The molecule has 0 spiro atoms. The lowest BCUT2D eigenvalue weighted by Crippen LogP contribution is -2.57. The van der Waals surface area contributed by atoms with E-state index in [2.05, 4.69) is 19.1 Å². The van der Waals surface area contributed by atoms with Crippen LogP contribution < -0.4 is 0 Å². The number of hydrogen-bond acceptors (Lipinski definition) is 2. The summed E-state index contributed by atoms with van der Waals surface area (Å²) in [6, 6.07) is 0. The Morgan fingerprint density at radius 1 is 1.29 bits per heavy atom. The van der Waals surface area contributed by atoms with Gasteiger partial charge in [0.1, 0.15) is 5.78 Å². The fraction of sp³-hybridized carbons (Fsp3) is 0.800. The molecule has 3 fully saturated rings. The van der Waals surface area contributed by atoms with Crippen LogP contribution in [0.25, 0.3) is 0 Å². The Labute approximate surface area is 102 Å². The molecule has 0 aromatic rings. The molecule has 17 heavy (non-hydrogen) atoms. The summed E-state index contributed by atoms with van der Waals surface area (Å²) in [7, 11) is 0. The molecule has 0 unspecified atom stereocenters. The molecule has 0 aromatic carbocycles. The second-order valence-electron chi connectivity index (χ2n) is 6.70. The highest BCUT2D eigenvalue weighted by atomic mass is 16.5. The van der Waals surface area contributed by atoms with Crippen LogP contribution in [0.5, 0.6) is 0 Å². The van der Waals surface area contributed by atoms with Gasteiger partial charge in [-0.3, -0.25) is 4.79 Å². The van der Waals surface area contributed by atoms with Crippen molar-refractivity contribution in [2.24, 2.45) is 23.2 Å². The van der Waals surface area contributed by atoms with E-state index in [0.29, 0.717) is 17.1 Å². The molecule has 1 saturated heterocycles. The van der Waals surface area contributed by atoms with Crippen LogP contribution in [0.4, 0.5) is 0 Å². The summed E-state index contributed by atoms with van der Waals surface area (Å²) in [5.41, 5.74) is 0.411. The van der Waals surface area contributed by atoms with Crippen molar-refractivity contribution < 1.29 is 9.53 Å². The summed E-state index contributed by atoms with van der Waals surface area (Å²) in [5, 5.41) is 0. The second kappa shape index (κ2) is 3.23. The van der Waals surface area contributed by atoms with Gasteiger partial charge in [0.05, 0.1) is 18.1 Å². The van der Waals surface area contributed by atoms with E-state index < -0.39 is 0 Å². The van der Waals surface area contributed by atoms with Crippen LogP contribution in [0.3, 0.4) is 0 Å². The standard InChI is InChI=1S/C15H20O2/c1-15-7-3-2-4-10(15)13-12-6-5-11(17-12)9(8-15)14(13)16/h5-6,9-13H,2-4,7-8H2,1H3/t9-,10-,11-,12+,13+,15-/m0/s1. The van der Waals surface area contributed by atoms with Crippen LogP contribution in [-0.4, -0.2) is 18.0 Å². The Balaban J connectivity index is 1.79. The van der Waals surface area contributed by atoms with E-state index in [1.165, 1.54) is 25.7 Å². The Morgan fingerprint density at radius 2 is 2.12 bits per heavy atom. The summed E-state index contributed by atoms with van der Waals surface area (Å²) in [6.45, 7) is 2.42. The first kappa shape index (κ1) is 10.3. The minimum atomic E-state index is 0.100. The van der Waals surface area contributed by atoms with Crippen molar-refractivity contribution in [1.82, 2.24) is 0 Å². The molecule has 6 atom stereocenters. The molecule has 2 saturated carbocycles. The number of ether oxygens (including phenoxy) is 1. The third-order valence-electron chi connectivity index (χ3n) is 5.78. The lowest BCUT2D eigenvalue weighted by Gasteiger charge is -2.55.